The number of carbonyl (C=O) groups excluding carboxylic acids is 1. The Labute approximate surface area is 115 Å². The monoisotopic (exact) mass is 276 g/mol. The van der Waals surface area contributed by atoms with Crippen LogP contribution in [-0.4, -0.2) is 47.3 Å². The number of nitrogens with one attached hydrogen (secondary N) is 2. The number of hydrogen-bond acceptors (Lipinski definition) is 4. The van der Waals surface area contributed by atoms with Gasteiger partial charge in [0.2, 0.25) is 5.91 Å². The first kappa shape index (κ1) is 17.7. The molecule has 0 fully saturated rings. The van der Waals surface area contributed by atoms with Crippen LogP contribution in [0, 0.1) is 0 Å². The van der Waals surface area contributed by atoms with Crippen LogP contribution >= 0.6 is 11.8 Å². The molecule has 1 unspecified atom stereocenters. The molecule has 0 rings (SSSR count). The van der Waals surface area contributed by atoms with Crippen LogP contribution in [0.1, 0.15) is 40.5 Å². The first-order chi connectivity index (χ1) is 8.43. The number of amides is 1. The molecular formula is C13H28N2O2S. The molecule has 0 bridgehead atoms. The van der Waals surface area contributed by atoms with Crippen LogP contribution in [0.25, 0.3) is 0 Å². The minimum absolute atomic E-state index is 0.0576. The van der Waals surface area contributed by atoms with Crippen molar-refractivity contribution >= 4 is 17.7 Å². The van der Waals surface area contributed by atoms with Gasteiger partial charge in [0.05, 0.1) is 6.04 Å². The molecule has 3 N–H and O–H groups in total. The van der Waals surface area contributed by atoms with Crippen molar-refractivity contribution in [1.82, 2.24) is 10.6 Å². The fourth-order valence-corrected chi connectivity index (χ4v) is 2.04. The van der Waals surface area contributed by atoms with Gasteiger partial charge in [-0.05, 0) is 39.4 Å². The molecule has 5 heteroatoms. The first-order valence-corrected chi connectivity index (χ1v) is 7.82. The number of thioether (sulfide) groups is 1. The van der Waals surface area contributed by atoms with E-state index in [1.165, 1.54) is 0 Å². The molecule has 1 amide bonds. The second-order valence-corrected chi connectivity index (χ2v) is 6.32. The van der Waals surface area contributed by atoms with E-state index in [0.717, 1.165) is 30.9 Å². The third kappa shape index (κ3) is 8.78. The van der Waals surface area contributed by atoms with Crippen molar-refractivity contribution in [3.8, 4) is 0 Å². The fourth-order valence-electron chi connectivity index (χ4n) is 1.24. The summed E-state index contributed by atoms with van der Waals surface area (Å²) in [5.74, 6) is 2.00. The molecule has 4 nitrogen and oxygen atoms in total. The summed E-state index contributed by atoms with van der Waals surface area (Å²) in [7, 11) is 0. The van der Waals surface area contributed by atoms with Gasteiger partial charge in [0.1, 0.15) is 0 Å². The molecule has 0 aliphatic rings. The molecule has 108 valence electrons. The van der Waals surface area contributed by atoms with Gasteiger partial charge >= 0.3 is 0 Å². The number of rotatable bonds is 10. The van der Waals surface area contributed by atoms with Gasteiger partial charge in [-0.2, -0.15) is 11.8 Å². The lowest BCUT2D eigenvalue weighted by atomic mass is 10.0. The zero-order chi connectivity index (χ0) is 14.0. The predicted octanol–water partition coefficient (Wildman–Crippen LogP) is 1.38. The second kappa shape index (κ2) is 9.64. The van der Waals surface area contributed by atoms with Crippen LogP contribution in [0.15, 0.2) is 0 Å². The summed E-state index contributed by atoms with van der Waals surface area (Å²) in [5, 5.41) is 14.9. The Balaban J connectivity index is 3.68. The van der Waals surface area contributed by atoms with Gasteiger partial charge in [-0.15, -0.1) is 0 Å². The molecular weight excluding hydrogens is 248 g/mol. The van der Waals surface area contributed by atoms with E-state index in [1.54, 1.807) is 11.8 Å². The average molecular weight is 276 g/mol. The second-order valence-electron chi connectivity index (χ2n) is 5.09. The summed E-state index contributed by atoms with van der Waals surface area (Å²) < 4.78 is 0. The molecule has 18 heavy (non-hydrogen) atoms. The molecule has 0 radical (unpaired) electrons. The van der Waals surface area contributed by atoms with Crippen molar-refractivity contribution in [2.45, 2.75) is 52.1 Å². The Kier molecular flexibility index (Phi) is 9.50. The van der Waals surface area contributed by atoms with Crippen LogP contribution in [-0.2, 0) is 4.79 Å². The molecule has 0 heterocycles. The average Bonchev–Trinajstić information content (AvgIpc) is 2.32. The zero-order valence-corrected chi connectivity index (χ0v) is 12.9. The van der Waals surface area contributed by atoms with E-state index in [0.29, 0.717) is 0 Å². The third-order valence-electron chi connectivity index (χ3n) is 2.88. The number of carbonyl (C=O) groups is 1. The largest absolute Gasteiger partial charge is 0.396 e. The van der Waals surface area contributed by atoms with Gasteiger partial charge in [0.25, 0.3) is 0 Å². The molecule has 0 aromatic carbocycles. The third-order valence-corrected chi connectivity index (χ3v) is 3.95. The predicted molar refractivity (Wildman–Crippen MR) is 79.0 cm³/mol. The minimum atomic E-state index is -0.158. The maximum absolute atomic E-state index is 11.9. The van der Waals surface area contributed by atoms with Gasteiger partial charge in [-0.3, -0.25) is 4.79 Å². The number of aliphatic hydroxyl groups excluding tert-OH is 1. The molecule has 0 aliphatic carbocycles. The van der Waals surface area contributed by atoms with Gasteiger partial charge in [-0.1, -0.05) is 6.92 Å². The summed E-state index contributed by atoms with van der Waals surface area (Å²) in [4.78, 5) is 11.9. The molecule has 0 aromatic rings. The van der Waals surface area contributed by atoms with Crippen LogP contribution in [0.3, 0.4) is 0 Å². The zero-order valence-electron chi connectivity index (χ0n) is 12.1. The van der Waals surface area contributed by atoms with Crippen LogP contribution < -0.4 is 10.6 Å². The van der Waals surface area contributed by atoms with E-state index < -0.39 is 0 Å². The van der Waals surface area contributed by atoms with Crippen molar-refractivity contribution in [2.24, 2.45) is 0 Å². The highest BCUT2D eigenvalue weighted by Gasteiger charge is 2.21. The summed E-state index contributed by atoms with van der Waals surface area (Å²) in [6.45, 7) is 9.09. The van der Waals surface area contributed by atoms with E-state index in [9.17, 15) is 4.79 Å². The standard InChI is InChI=1S/C13H28N2O2S/c1-5-13(3,4)15-12(17)11(2)14-7-10-18-9-6-8-16/h11,14,16H,5-10H2,1-4H3,(H,15,17). The summed E-state index contributed by atoms with van der Waals surface area (Å²) >= 11 is 1.79. The minimum Gasteiger partial charge on any atom is -0.396 e. The first-order valence-electron chi connectivity index (χ1n) is 6.67. The SMILES string of the molecule is CCC(C)(C)NC(=O)C(C)NCCSCCCO. The smallest absolute Gasteiger partial charge is 0.237 e. The molecule has 0 saturated carbocycles. The maximum Gasteiger partial charge on any atom is 0.237 e. The lowest BCUT2D eigenvalue weighted by Crippen LogP contribution is -2.51. The Hall–Kier alpha value is -0.260. The van der Waals surface area contributed by atoms with Crippen molar-refractivity contribution in [3.05, 3.63) is 0 Å². The molecule has 0 spiro atoms. The van der Waals surface area contributed by atoms with Crippen molar-refractivity contribution in [1.29, 1.82) is 0 Å². The van der Waals surface area contributed by atoms with Gasteiger partial charge in [0.15, 0.2) is 0 Å². The Morgan fingerprint density at radius 3 is 2.61 bits per heavy atom. The Morgan fingerprint density at radius 1 is 1.39 bits per heavy atom. The van der Waals surface area contributed by atoms with E-state index in [-0.39, 0.29) is 24.1 Å². The van der Waals surface area contributed by atoms with E-state index in [2.05, 4.69) is 17.6 Å². The topological polar surface area (TPSA) is 61.4 Å². The number of hydrogen-bond donors (Lipinski definition) is 3. The van der Waals surface area contributed by atoms with Gasteiger partial charge < -0.3 is 15.7 Å². The Bertz CT molecular complexity index is 235. The van der Waals surface area contributed by atoms with Crippen molar-refractivity contribution in [3.63, 3.8) is 0 Å². The highest BCUT2D eigenvalue weighted by atomic mass is 32.2. The highest BCUT2D eigenvalue weighted by Crippen LogP contribution is 2.07. The Morgan fingerprint density at radius 2 is 2.06 bits per heavy atom. The number of aliphatic hydroxyl groups is 1. The summed E-state index contributed by atoms with van der Waals surface area (Å²) in [5.41, 5.74) is -0.136. The van der Waals surface area contributed by atoms with Crippen molar-refractivity contribution < 1.29 is 9.90 Å². The molecule has 0 aromatic heterocycles. The van der Waals surface area contributed by atoms with E-state index >= 15 is 0 Å². The summed E-state index contributed by atoms with van der Waals surface area (Å²) in [6, 6.07) is -0.158. The van der Waals surface area contributed by atoms with E-state index in [1.807, 2.05) is 20.8 Å². The normalized spacial score (nSPS) is 13.4. The quantitative estimate of drug-likeness (QED) is 0.528. The highest BCUT2D eigenvalue weighted by molar-refractivity contribution is 7.99. The van der Waals surface area contributed by atoms with Crippen LogP contribution in [0.4, 0.5) is 0 Å². The van der Waals surface area contributed by atoms with Crippen molar-refractivity contribution in [2.75, 3.05) is 24.7 Å². The van der Waals surface area contributed by atoms with E-state index in [4.69, 9.17) is 5.11 Å². The molecule has 0 saturated heterocycles. The fraction of sp³-hybridized carbons (Fsp3) is 0.923. The van der Waals surface area contributed by atoms with Crippen LogP contribution in [0.5, 0.6) is 0 Å². The summed E-state index contributed by atoms with van der Waals surface area (Å²) in [6.07, 6.45) is 1.76. The van der Waals surface area contributed by atoms with Gasteiger partial charge in [-0.25, -0.2) is 0 Å². The maximum atomic E-state index is 11.9. The molecule has 1 atom stereocenters. The van der Waals surface area contributed by atoms with Crippen LogP contribution in [0.2, 0.25) is 0 Å². The lowest BCUT2D eigenvalue weighted by Gasteiger charge is -2.26. The lowest BCUT2D eigenvalue weighted by molar-refractivity contribution is -0.124. The molecule has 0 aliphatic heterocycles. The van der Waals surface area contributed by atoms with Gasteiger partial charge in [0, 0.05) is 24.4 Å².